The highest BCUT2D eigenvalue weighted by molar-refractivity contribution is 5.35. The van der Waals surface area contributed by atoms with Gasteiger partial charge in [0.15, 0.2) is 5.82 Å². The Morgan fingerprint density at radius 3 is 2.43 bits per heavy atom. The van der Waals surface area contributed by atoms with Crippen molar-refractivity contribution in [3.8, 4) is 0 Å². The average molecular weight is 283 g/mol. The molecule has 1 fully saturated rings. The molecule has 0 bridgehead atoms. The molecule has 0 saturated heterocycles. The second-order valence-corrected chi connectivity index (χ2v) is 6.52. The molecule has 1 heterocycles. The molecule has 0 atom stereocenters. The standard InChI is InChI=1S/C17H21N3O/c18-11-17(7-3-4-8-17)16-19-15(20-21-16)14-9-12-5-1-2-6-13(12)10-14/h1-2,5-6,14H,3-4,7-11,18H2. The quantitative estimate of drug-likeness (QED) is 0.940. The maximum Gasteiger partial charge on any atom is 0.234 e. The van der Waals surface area contributed by atoms with Gasteiger partial charge in [0.05, 0.1) is 5.41 Å². The van der Waals surface area contributed by atoms with Crippen molar-refractivity contribution in [2.45, 2.75) is 49.9 Å². The van der Waals surface area contributed by atoms with Crippen molar-refractivity contribution in [2.75, 3.05) is 6.54 Å². The molecular formula is C17H21N3O. The minimum absolute atomic E-state index is 0.0588. The van der Waals surface area contributed by atoms with Crippen molar-refractivity contribution < 1.29 is 4.52 Å². The zero-order valence-electron chi connectivity index (χ0n) is 12.2. The molecule has 2 aromatic rings. The largest absolute Gasteiger partial charge is 0.339 e. The number of benzene rings is 1. The van der Waals surface area contributed by atoms with Crippen molar-refractivity contribution in [1.29, 1.82) is 0 Å². The molecule has 4 rings (SSSR count). The monoisotopic (exact) mass is 283 g/mol. The third kappa shape index (κ3) is 2.09. The number of fused-ring (bicyclic) bond motifs is 1. The summed E-state index contributed by atoms with van der Waals surface area (Å²) < 4.78 is 5.61. The lowest BCUT2D eigenvalue weighted by Gasteiger charge is -2.21. The fraction of sp³-hybridized carbons (Fsp3) is 0.529. The minimum Gasteiger partial charge on any atom is -0.339 e. The highest BCUT2D eigenvalue weighted by Gasteiger charge is 2.40. The van der Waals surface area contributed by atoms with Crippen LogP contribution in [0.5, 0.6) is 0 Å². The number of hydrogen-bond acceptors (Lipinski definition) is 4. The topological polar surface area (TPSA) is 64.9 Å². The Morgan fingerprint density at radius 1 is 1.14 bits per heavy atom. The minimum atomic E-state index is -0.0588. The third-order valence-corrected chi connectivity index (χ3v) is 5.26. The fourth-order valence-electron chi connectivity index (χ4n) is 3.91. The Hall–Kier alpha value is -1.68. The molecule has 1 aromatic heterocycles. The smallest absolute Gasteiger partial charge is 0.234 e. The van der Waals surface area contributed by atoms with Crippen LogP contribution in [0.3, 0.4) is 0 Å². The predicted octanol–water partition coefficient (Wildman–Crippen LogP) is 2.72. The van der Waals surface area contributed by atoms with Crippen molar-refractivity contribution in [1.82, 2.24) is 10.1 Å². The average Bonchev–Trinajstić information content (AvgIpc) is 3.24. The molecule has 1 aromatic carbocycles. The van der Waals surface area contributed by atoms with Crippen LogP contribution in [0, 0.1) is 0 Å². The molecule has 0 aliphatic heterocycles. The van der Waals surface area contributed by atoms with Gasteiger partial charge in [0, 0.05) is 12.5 Å². The molecule has 4 nitrogen and oxygen atoms in total. The number of nitrogens with two attached hydrogens (primary N) is 1. The van der Waals surface area contributed by atoms with Crippen LogP contribution in [0.15, 0.2) is 28.8 Å². The molecule has 0 unspecified atom stereocenters. The Labute approximate surface area is 124 Å². The van der Waals surface area contributed by atoms with Gasteiger partial charge >= 0.3 is 0 Å². The van der Waals surface area contributed by atoms with Crippen LogP contribution in [0.1, 0.15) is 54.4 Å². The van der Waals surface area contributed by atoms with Gasteiger partial charge in [0.25, 0.3) is 0 Å². The second-order valence-electron chi connectivity index (χ2n) is 6.52. The van der Waals surface area contributed by atoms with E-state index in [2.05, 4.69) is 29.4 Å². The molecule has 0 radical (unpaired) electrons. The first-order valence-corrected chi connectivity index (χ1v) is 7.92. The summed E-state index contributed by atoms with van der Waals surface area (Å²) >= 11 is 0. The molecule has 0 spiro atoms. The van der Waals surface area contributed by atoms with Crippen LogP contribution >= 0.6 is 0 Å². The van der Waals surface area contributed by atoms with E-state index in [1.165, 1.54) is 24.0 Å². The van der Waals surface area contributed by atoms with Gasteiger partial charge in [-0.2, -0.15) is 4.98 Å². The summed E-state index contributed by atoms with van der Waals surface area (Å²) in [7, 11) is 0. The summed E-state index contributed by atoms with van der Waals surface area (Å²) in [6.07, 6.45) is 6.62. The maximum atomic E-state index is 6.00. The van der Waals surface area contributed by atoms with Gasteiger partial charge in [-0.1, -0.05) is 42.3 Å². The van der Waals surface area contributed by atoms with Crippen LogP contribution in [0.2, 0.25) is 0 Å². The third-order valence-electron chi connectivity index (χ3n) is 5.26. The zero-order chi connectivity index (χ0) is 14.3. The summed E-state index contributed by atoms with van der Waals surface area (Å²) in [4.78, 5) is 4.74. The SMILES string of the molecule is NCC1(c2nc(C3Cc4ccccc4C3)no2)CCCC1. The van der Waals surface area contributed by atoms with Crippen molar-refractivity contribution >= 4 is 0 Å². The van der Waals surface area contributed by atoms with Crippen LogP contribution < -0.4 is 5.73 Å². The first-order chi connectivity index (χ1) is 10.3. The summed E-state index contributed by atoms with van der Waals surface area (Å²) in [5.74, 6) is 1.99. The molecule has 110 valence electrons. The van der Waals surface area contributed by atoms with E-state index >= 15 is 0 Å². The van der Waals surface area contributed by atoms with E-state index < -0.39 is 0 Å². The van der Waals surface area contributed by atoms with Gasteiger partial charge in [-0.15, -0.1) is 0 Å². The van der Waals surface area contributed by atoms with E-state index in [-0.39, 0.29) is 5.41 Å². The predicted molar refractivity (Wildman–Crippen MR) is 80.1 cm³/mol. The highest BCUT2D eigenvalue weighted by Crippen LogP contribution is 2.40. The summed E-state index contributed by atoms with van der Waals surface area (Å²) in [5.41, 5.74) is 8.79. The van der Waals surface area contributed by atoms with E-state index in [4.69, 9.17) is 15.2 Å². The van der Waals surface area contributed by atoms with E-state index in [0.717, 1.165) is 37.4 Å². The Kier molecular flexibility index (Phi) is 3.07. The summed E-state index contributed by atoms with van der Waals surface area (Å²) in [5, 5.41) is 4.28. The van der Waals surface area contributed by atoms with Gasteiger partial charge in [0.1, 0.15) is 0 Å². The molecule has 21 heavy (non-hydrogen) atoms. The van der Waals surface area contributed by atoms with Gasteiger partial charge in [0.2, 0.25) is 5.89 Å². The highest BCUT2D eigenvalue weighted by atomic mass is 16.5. The van der Waals surface area contributed by atoms with Crippen molar-refractivity contribution in [3.05, 3.63) is 47.1 Å². The van der Waals surface area contributed by atoms with Crippen LogP contribution in [0.4, 0.5) is 0 Å². The van der Waals surface area contributed by atoms with Gasteiger partial charge in [-0.05, 0) is 36.8 Å². The van der Waals surface area contributed by atoms with Crippen LogP contribution in [-0.2, 0) is 18.3 Å². The molecule has 4 heteroatoms. The first kappa shape index (κ1) is 13.0. The number of rotatable bonds is 3. The zero-order valence-corrected chi connectivity index (χ0v) is 12.2. The van der Waals surface area contributed by atoms with Gasteiger partial charge < -0.3 is 10.3 Å². The van der Waals surface area contributed by atoms with Gasteiger partial charge in [-0.25, -0.2) is 0 Å². The molecule has 2 aliphatic carbocycles. The first-order valence-electron chi connectivity index (χ1n) is 7.92. The van der Waals surface area contributed by atoms with E-state index in [1.807, 2.05) is 0 Å². The van der Waals surface area contributed by atoms with E-state index in [0.29, 0.717) is 12.5 Å². The van der Waals surface area contributed by atoms with Crippen LogP contribution in [-0.4, -0.2) is 16.7 Å². The van der Waals surface area contributed by atoms with E-state index in [1.54, 1.807) is 0 Å². The Balaban J connectivity index is 1.59. The van der Waals surface area contributed by atoms with Crippen molar-refractivity contribution in [2.24, 2.45) is 5.73 Å². The van der Waals surface area contributed by atoms with Gasteiger partial charge in [-0.3, -0.25) is 0 Å². The lowest BCUT2D eigenvalue weighted by Crippen LogP contribution is -2.32. The lowest BCUT2D eigenvalue weighted by atomic mass is 9.86. The van der Waals surface area contributed by atoms with Crippen LogP contribution in [0.25, 0.3) is 0 Å². The summed E-state index contributed by atoms with van der Waals surface area (Å²) in [6, 6.07) is 8.61. The summed E-state index contributed by atoms with van der Waals surface area (Å²) in [6.45, 7) is 0.611. The number of hydrogen-bond donors (Lipinski definition) is 1. The Bertz CT molecular complexity index is 618. The van der Waals surface area contributed by atoms with Crippen molar-refractivity contribution in [3.63, 3.8) is 0 Å². The normalized spacial score (nSPS) is 20.8. The molecule has 2 N–H and O–H groups in total. The van der Waals surface area contributed by atoms with E-state index in [9.17, 15) is 0 Å². The molecule has 2 aliphatic rings. The fourth-order valence-corrected chi connectivity index (χ4v) is 3.91. The second kappa shape index (κ2) is 4.95. The number of aromatic nitrogens is 2. The Morgan fingerprint density at radius 2 is 1.81 bits per heavy atom. The number of nitrogens with zero attached hydrogens (tertiary/aromatic N) is 2. The lowest BCUT2D eigenvalue weighted by molar-refractivity contribution is 0.282. The molecule has 1 saturated carbocycles. The molecule has 0 amide bonds. The maximum absolute atomic E-state index is 6.00. The molecular weight excluding hydrogens is 262 g/mol.